The molecule has 0 saturated carbocycles. The van der Waals surface area contributed by atoms with Gasteiger partial charge in [0.2, 0.25) is 0 Å². The number of hydrogen-bond acceptors (Lipinski definition) is 2. The van der Waals surface area contributed by atoms with Gasteiger partial charge in [0.25, 0.3) is 0 Å². The summed E-state index contributed by atoms with van der Waals surface area (Å²) in [5.41, 5.74) is 0. The first-order valence-corrected chi connectivity index (χ1v) is 3.61. The van der Waals surface area contributed by atoms with Crippen LogP contribution in [0.1, 0.15) is 13.8 Å². The van der Waals surface area contributed by atoms with Gasteiger partial charge in [-0.05, 0) is 5.92 Å². The SMILES string of the molecule is CC(C)CP([O-])[O-].[NH4+].[NH4+]. The summed E-state index contributed by atoms with van der Waals surface area (Å²) in [6.45, 7) is 3.76. The standard InChI is InChI=1S/C4H9O2P.2H3N/c1-4(2)3-7(5)6;;/h4H,3H2,1-2H3;2*1H3/q-2;;/p+2. The molecule has 0 rings (SSSR count). The van der Waals surface area contributed by atoms with Crippen molar-refractivity contribution in [2.45, 2.75) is 13.8 Å². The first-order chi connectivity index (χ1) is 3.13. The molecule has 0 atom stereocenters. The molecule has 0 unspecified atom stereocenters. The summed E-state index contributed by atoms with van der Waals surface area (Å²) in [7, 11) is -2.14. The lowest BCUT2D eigenvalue weighted by molar-refractivity contribution is -0.292. The van der Waals surface area contributed by atoms with Crippen LogP contribution < -0.4 is 22.1 Å². The molecule has 0 bridgehead atoms. The lowest BCUT2D eigenvalue weighted by Crippen LogP contribution is -2.13. The molecule has 0 spiro atoms. The summed E-state index contributed by atoms with van der Waals surface area (Å²) in [4.78, 5) is 19.7. The lowest BCUT2D eigenvalue weighted by Gasteiger charge is -2.32. The second kappa shape index (κ2) is 8.27. The molecule has 0 aliphatic heterocycles. The van der Waals surface area contributed by atoms with E-state index in [1.165, 1.54) is 0 Å². The second-order valence-electron chi connectivity index (χ2n) is 1.91. The Bertz CT molecular complexity index is 45.8. The van der Waals surface area contributed by atoms with Crippen LogP contribution >= 0.6 is 8.38 Å². The van der Waals surface area contributed by atoms with Crippen LogP contribution in [0.5, 0.6) is 0 Å². The maximum Gasteiger partial charge on any atom is -0.0455 e. The molecule has 0 saturated heterocycles. The van der Waals surface area contributed by atoms with E-state index in [1.54, 1.807) is 0 Å². The molecule has 5 heteroatoms. The summed E-state index contributed by atoms with van der Waals surface area (Å²) in [6.07, 6.45) is 0.315. The molecule has 9 heavy (non-hydrogen) atoms. The third-order valence-corrected chi connectivity index (χ3v) is 1.54. The van der Waals surface area contributed by atoms with Crippen molar-refractivity contribution in [1.29, 1.82) is 0 Å². The van der Waals surface area contributed by atoms with Crippen molar-refractivity contribution in [3.63, 3.8) is 0 Å². The van der Waals surface area contributed by atoms with Gasteiger partial charge in [-0.1, -0.05) is 20.0 Å². The summed E-state index contributed by atoms with van der Waals surface area (Å²) in [5.74, 6) is 0.279. The van der Waals surface area contributed by atoms with E-state index in [4.69, 9.17) is 0 Å². The molecule has 0 aromatic rings. The fraction of sp³-hybridized carbons (Fsp3) is 1.00. The Kier molecular flexibility index (Phi) is 14.8. The zero-order valence-electron chi connectivity index (χ0n) is 6.55. The Morgan fingerprint density at radius 3 is 1.56 bits per heavy atom. The fourth-order valence-corrected chi connectivity index (χ4v) is 0.894. The van der Waals surface area contributed by atoms with Crippen LogP contribution in [-0.4, -0.2) is 6.16 Å². The first-order valence-electron chi connectivity index (χ1n) is 2.24. The quantitative estimate of drug-likeness (QED) is 0.563. The molecule has 8 N–H and O–H groups in total. The average molecular weight is 156 g/mol. The van der Waals surface area contributed by atoms with Crippen LogP contribution in [0.3, 0.4) is 0 Å². The van der Waals surface area contributed by atoms with Crippen molar-refractivity contribution < 1.29 is 9.79 Å². The highest BCUT2D eigenvalue weighted by molar-refractivity contribution is 7.42. The van der Waals surface area contributed by atoms with Gasteiger partial charge in [0, 0.05) is 0 Å². The maximum atomic E-state index is 9.85. The van der Waals surface area contributed by atoms with Gasteiger partial charge in [-0.15, -0.1) is 0 Å². The van der Waals surface area contributed by atoms with E-state index >= 15 is 0 Å². The number of quaternary nitrogens is 2. The molecule has 0 amide bonds. The van der Waals surface area contributed by atoms with Crippen molar-refractivity contribution in [3.05, 3.63) is 0 Å². The summed E-state index contributed by atoms with van der Waals surface area (Å²) >= 11 is 0. The molecular formula is C4H17N2O2P. The van der Waals surface area contributed by atoms with E-state index in [0.29, 0.717) is 6.16 Å². The largest absolute Gasteiger partial charge is 0.842 e. The third kappa shape index (κ3) is 17.8. The molecular weight excluding hydrogens is 139 g/mol. The predicted octanol–water partition coefficient (Wildman–Crippen LogP) is 0.427. The molecule has 0 fully saturated rings. The topological polar surface area (TPSA) is 119 Å². The van der Waals surface area contributed by atoms with Crippen LogP contribution in [0.25, 0.3) is 0 Å². The number of rotatable bonds is 2. The third-order valence-electron chi connectivity index (χ3n) is 0.514. The predicted molar refractivity (Wildman–Crippen MR) is 38.6 cm³/mol. The van der Waals surface area contributed by atoms with Crippen molar-refractivity contribution in [3.8, 4) is 0 Å². The van der Waals surface area contributed by atoms with Crippen LogP contribution in [0, 0.1) is 5.92 Å². The van der Waals surface area contributed by atoms with E-state index in [1.807, 2.05) is 13.8 Å². The Labute approximate surface area is 57.4 Å². The monoisotopic (exact) mass is 156 g/mol. The normalized spacial score (nSPS) is 8.67. The molecule has 0 aromatic carbocycles. The van der Waals surface area contributed by atoms with E-state index in [-0.39, 0.29) is 18.2 Å². The minimum absolute atomic E-state index is 0. The summed E-state index contributed by atoms with van der Waals surface area (Å²) in [5, 5.41) is 0. The van der Waals surface area contributed by atoms with Gasteiger partial charge >= 0.3 is 0 Å². The Morgan fingerprint density at radius 1 is 1.22 bits per heavy atom. The Hall–Kier alpha value is 0.270. The Morgan fingerprint density at radius 2 is 1.56 bits per heavy atom. The van der Waals surface area contributed by atoms with Crippen molar-refractivity contribution >= 4 is 8.38 Å². The van der Waals surface area contributed by atoms with Crippen molar-refractivity contribution in [2.24, 2.45) is 5.92 Å². The molecule has 0 aromatic heterocycles. The van der Waals surface area contributed by atoms with Crippen LogP contribution in [0.4, 0.5) is 0 Å². The lowest BCUT2D eigenvalue weighted by atomic mass is 10.3. The fourth-order valence-electron chi connectivity index (χ4n) is 0.298. The summed E-state index contributed by atoms with van der Waals surface area (Å²) < 4.78 is 0. The van der Waals surface area contributed by atoms with Gasteiger partial charge in [-0.2, -0.15) is 0 Å². The minimum Gasteiger partial charge on any atom is -0.842 e. The first kappa shape index (κ1) is 16.1. The second-order valence-corrected chi connectivity index (χ2v) is 2.94. The number of hydrogen-bond donors (Lipinski definition) is 2. The Balaban J connectivity index is -0.000000180. The zero-order valence-corrected chi connectivity index (χ0v) is 7.44. The molecule has 0 heterocycles. The van der Waals surface area contributed by atoms with E-state index in [0.717, 1.165) is 0 Å². The van der Waals surface area contributed by atoms with Gasteiger partial charge in [0.05, 0.1) is 0 Å². The molecule has 0 radical (unpaired) electrons. The average Bonchev–Trinajstić information content (AvgIpc) is 1.27. The molecule has 0 aliphatic rings. The molecule has 60 valence electrons. The highest BCUT2D eigenvalue weighted by Crippen LogP contribution is 2.14. The molecule has 4 nitrogen and oxygen atoms in total. The van der Waals surface area contributed by atoms with Crippen molar-refractivity contribution in [1.82, 2.24) is 12.3 Å². The maximum absolute atomic E-state index is 9.85. The van der Waals surface area contributed by atoms with E-state index < -0.39 is 8.38 Å². The van der Waals surface area contributed by atoms with Crippen LogP contribution in [-0.2, 0) is 0 Å². The van der Waals surface area contributed by atoms with Gasteiger partial charge in [0.15, 0.2) is 0 Å². The minimum atomic E-state index is -2.14. The van der Waals surface area contributed by atoms with Gasteiger partial charge < -0.3 is 30.5 Å². The van der Waals surface area contributed by atoms with Gasteiger partial charge in [0.1, 0.15) is 0 Å². The van der Waals surface area contributed by atoms with E-state index in [9.17, 15) is 9.79 Å². The van der Waals surface area contributed by atoms with E-state index in [2.05, 4.69) is 0 Å². The van der Waals surface area contributed by atoms with Crippen molar-refractivity contribution in [2.75, 3.05) is 6.16 Å². The smallest absolute Gasteiger partial charge is 0.0455 e. The van der Waals surface area contributed by atoms with Crippen LogP contribution in [0.15, 0.2) is 0 Å². The van der Waals surface area contributed by atoms with Crippen LogP contribution in [0.2, 0.25) is 0 Å². The zero-order chi connectivity index (χ0) is 5.86. The molecule has 0 aliphatic carbocycles. The van der Waals surface area contributed by atoms with Gasteiger partial charge in [-0.25, -0.2) is 0 Å². The van der Waals surface area contributed by atoms with Gasteiger partial charge in [-0.3, -0.25) is 0 Å². The summed E-state index contributed by atoms with van der Waals surface area (Å²) in [6, 6.07) is 0. The highest BCUT2D eigenvalue weighted by atomic mass is 31.2. The highest BCUT2D eigenvalue weighted by Gasteiger charge is 1.84.